The SMILES string of the molecule is C#CCC(C/C=C/C(=C)C)(C(=O)OC)C(=O)OC. The molecule has 0 rings (SSSR count). The van der Waals surface area contributed by atoms with Crippen LogP contribution in [0.5, 0.6) is 0 Å². The molecule has 4 nitrogen and oxygen atoms in total. The van der Waals surface area contributed by atoms with E-state index in [4.69, 9.17) is 6.42 Å². The molecule has 0 bridgehead atoms. The molecule has 0 aromatic rings. The number of methoxy groups -OCH3 is 2. The smallest absolute Gasteiger partial charge is 0.324 e. The minimum Gasteiger partial charge on any atom is -0.468 e. The summed E-state index contributed by atoms with van der Waals surface area (Å²) in [7, 11) is 2.41. The van der Waals surface area contributed by atoms with E-state index >= 15 is 0 Å². The summed E-state index contributed by atoms with van der Waals surface area (Å²) in [6.45, 7) is 5.49. The van der Waals surface area contributed by atoms with Crippen LogP contribution in [-0.2, 0) is 19.1 Å². The standard InChI is InChI=1S/C14H18O4/c1-6-9-14(12(15)17-4,13(16)18-5)10-7-8-11(2)3/h1,7-8H,2,9-10H2,3-5H3/b8-7+. The zero-order chi connectivity index (χ0) is 14.2. The maximum Gasteiger partial charge on any atom is 0.324 e. The third-order valence-corrected chi connectivity index (χ3v) is 2.42. The first kappa shape index (κ1) is 16.0. The lowest BCUT2D eigenvalue weighted by molar-refractivity contribution is -0.168. The summed E-state index contributed by atoms with van der Waals surface area (Å²) in [4.78, 5) is 23.7. The van der Waals surface area contributed by atoms with Gasteiger partial charge in [0.2, 0.25) is 0 Å². The minimum absolute atomic E-state index is 0.0765. The Morgan fingerprint density at radius 1 is 1.33 bits per heavy atom. The predicted octanol–water partition coefficient (Wildman–Crippen LogP) is 1.86. The van der Waals surface area contributed by atoms with Crippen molar-refractivity contribution in [2.24, 2.45) is 5.41 Å². The third-order valence-electron chi connectivity index (χ3n) is 2.42. The van der Waals surface area contributed by atoms with Crippen molar-refractivity contribution in [3.63, 3.8) is 0 Å². The third kappa shape index (κ3) is 3.77. The molecule has 4 heteroatoms. The molecular weight excluding hydrogens is 232 g/mol. The summed E-state index contributed by atoms with van der Waals surface area (Å²) >= 11 is 0. The highest BCUT2D eigenvalue weighted by Crippen LogP contribution is 2.30. The van der Waals surface area contributed by atoms with Crippen LogP contribution in [0.2, 0.25) is 0 Å². The van der Waals surface area contributed by atoms with Crippen LogP contribution in [0.25, 0.3) is 0 Å². The monoisotopic (exact) mass is 250 g/mol. The second kappa shape index (κ2) is 7.33. The average molecular weight is 250 g/mol. The molecule has 0 radical (unpaired) electrons. The summed E-state index contributed by atoms with van der Waals surface area (Å²) in [6, 6.07) is 0. The number of carbonyl (C=O) groups excluding carboxylic acids is 2. The quantitative estimate of drug-likeness (QED) is 0.312. The highest BCUT2D eigenvalue weighted by atomic mass is 16.5. The van der Waals surface area contributed by atoms with Crippen molar-refractivity contribution in [3.05, 3.63) is 24.3 Å². The van der Waals surface area contributed by atoms with Gasteiger partial charge >= 0.3 is 11.9 Å². The number of rotatable bonds is 6. The molecule has 0 atom stereocenters. The number of esters is 2. The van der Waals surface area contributed by atoms with E-state index in [2.05, 4.69) is 22.0 Å². The second-order valence-electron chi connectivity index (χ2n) is 3.90. The van der Waals surface area contributed by atoms with Gasteiger partial charge in [0.25, 0.3) is 0 Å². The molecule has 0 aromatic heterocycles. The molecule has 0 aromatic carbocycles. The Bertz CT molecular complexity index is 383. The lowest BCUT2D eigenvalue weighted by atomic mass is 9.81. The molecule has 18 heavy (non-hydrogen) atoms. The molecule has 0 saturated heterocycles. The van der Waals surface area contributed by atoms with E-state index in [0.717, 1.165) is 5.57 Å². The van der Waals surface area contributed by atoms with Crippen molar-refractivity contribution in [3.8, 4) is 12.3 Å². The van der Waals surface area contributed by atoms with E-state index in [1.807, 2.05) is 0 Å². The van der Waals surface area contributed by atoms with Crippen LogP contribution in [0.15, 0.2) is 24.3 Å². The van der Waals surface area contributed by atoms with Crippen LogP contribution in [-0.4, -0.2) is 26.2 Å². The molecule has 0 amide bonds. The summed E-state index contributed by atoms with van der Waals surface area (Å²) in [6.07, 6.45) is 8.63. The first-order chi connectivity index (χ1) is 8.44. The molecule has 0 aliphatic rings. The second-order valence-corrected chi connectivity index (χ2v) is 3.90. The van der Waals surface area contributed by atoms with Gasteiger partial charge in [-0.2, -0.15) is 0 Å². The van der Waals surface area contributed by atoms with Gasteiger partial charge in [0, 0.05) is 6.42 Å². The summed E-state index contributed by atoms with van der Waals surface area (Å²) < 4.78 is 9.31. The number of terminal acetylenes is 1. The fraction of sp³-hybridized carbons (Fsp3) is 0.429. The molecule has 0 aliphatic carbocycles. The van der Waals surface area contributed by atoms with Gasteiger partial charge in [-0.05, 0) is 13.3 Å². The van der Waals surface area contributed by atoms with Crippen LogP contribution in [0, 0.1) is 17.8 Å². The van der Waals surface area contributed by atoms with Crippen LogP contribution >= 0.6 is 0 Å². The van der Waals surface area contributed by atoms with Crippen molar-refractivity contribution in [2.75, 3.05) is 14.2 Å². The fourth-order valence-electron chi connectivity index (χ4n) is 1.49. The predicted molar refractivity (Wildman–Crippen MR) is 68.5 cm³/mol. The van der Waals surface area contributed by atoms with Crippen molar-refractivity contribution in [2.45, 2.75) is 19.8 Å². The van der Waals surface area contributed by atoms with Gasteiger partial charge in [0.05, 0.1) is 14.2 Å². The highest BCUT2D eigenvalue weighted by molar-refractivity contribution is 6.00. The molecule has 0 N–H and O–H groups in total. The van der Waals surface area contributed by atoms with Crippen molar-refractivity contribution in [1.29, 1.82) is 0 Å². The molecular formula is C14H18O4. The van der Waals surface area contributed by atoms with Crippen LogP contribution < -0.4 is 0 Å². The van der Waals surface area contributed by atoms with Gasteiger partial charge in [-0.3, -0.25) is 9.59 Å². The zero-order valence-corrected chi connectivity index (χ0v) is 11.0. The molecule has 98 valence electrons. The lowest BCUT2D eigenvalue weighted by Crippen LogP contribution is -2.40. The van der Waals surface area contributed by atoms with Crippen LogP contribution in [0.1, 0.15) is 19.8 Å². The summed E-state index contributed by atoms with van der Waals surface area (Å²) in [5.74, 6) is 0.928. The van der Waals surface area contributed by atoms with Crippen molar-refractivity contribution < 1.29 is 19.1 Å². The van der Waals surface area contributed by atoms with E-state index in [1.54, 1.807) is 19.1 Å². The van der Waals surface area contributed by atoms with Gasteiger partial charge in [-0.25, -0.2) is 0 Å². The maximum absolute atomic E-state index is 11.8. The Morgan fingerprint density at radius 2 is 1.83 bits per heavy atom. The van der Waals surface area contributed by atoms with Gasteiger partial charge < -0.3 is 9.47 Å². The van der Waals surface area contributed by atoms with Crippen LogP contribution in [0.4, 0.5) is 0 Å². The maximum atomic E-state index is 11.8. The fourth-order valence-corrected chi connectivity index (χ4v) is 1.49. The Labute approximate surface area is 108 Å². The van der Waals surface area contributed by atoms with E-state index in [-0.39, 0.29) is 12.8 Å². The number of allylic oxidation sites excluding steroid dienone is 3. The number of hydrogen-bond acceptors (Lipinski definition) is 4. The topological polar surface area (TPSA) is 52.6 Å². The zero-order valence-electron chi connectivity index (χ0n) is 11.0. The molecule has 0 unspecified atom stereocenters. The van der Waals surface area contributed by atoms with Gasteiger partial charge in [-0.1, -0.05) is 24.3 Å². The van der Waals surface area contributed by atoms with E-state index in [1.165, 1.54) is 14.2 Å². The van der Waals surface area contributed by atoms with Crippen molar-refractivity contribution in [1.82, 2.24) is 0 Å². The van der Waals surface area contributed by atoms with Gasteiger partial charge in [0.15, 0.2) is 5.41 Å². The van der Waals surface area contributed by atoms with Crippen molar-refractivity contribution >= 4 is 11.9 Å². The number of ether oxygens (including phenoxy) is 2. The van der Waals surface area contributed by atoms with E-state index < -0.39 is 17.4 Å². The molecule has 0 heterocycles. The molecule has 0 fully saturated rings. The van der Waals surface area contributed by atoms with E-state index in [9.17, 15) is 9.59 Å². The van der Waals surface area contributed by atoms with Gasteiger partial charge in [0.1, 0.15) is 0 Å². The van der Waals surface area contributed by atoms with E-state index in [0.29, 0.717) is 0 Å². The van der Waals surface area contributed by atoms with Gasteiger partial charge in [-0.15, -0.1) is 12.3 Å². The normalized spacial score (nSPS) is 10.8. The highest BCUT2D eigenvalue weighted by Gasteiger charge is 2.46. The average Bonchev–Trinajstić information content (AvgIpc) is 2.35. The first-order valence-corrected chi connectivity index (χ1v) is 5.37. The molecule has 0 aliphatic heterocycles. The molecule has 0 saturated carbocycles. The number of carbonyl (C=O) groups is 2. The number of hydrogen-bond donors (Lipinski definition) is 0. The summed E-state index contributed by atoms with van der Waals surface area (Å²) in [5, 5.41) is 0. The Hall–Kier alpha value is -2.02. The first-order valence-electron chi connectivity index (χ1n) is 5.37. The Kier molecular flexibility index (Phi) is 6.51. The van der Waals surface area contributed by atoms with Crippen LogP contribution in [0.3, 0.4) is 0 Å². The Morgan fingerprint density at radius 3 is 2.17 bits per heavy atom. The largest absolute Gasteiger partial charge is 0.468 e. The minimum atomic E-state index is -1.48. The Balaban J connectivity index is 5.34. The molecule has 0 spiro atoms. The summed E-state index contributed by atoms with van der Waals surface area (Å²) in [5.41, 5.74) is -0.677. The lowest BCUT2D eigenvalue weighted by Gasteiger charge is -2.24.